The summed E-state index contributed by atoms with van der Waals surface area (Å²) < 4.78 is 0. The maximum Gasteiger partial charge on any atom is 0.327 e. The highest BCUT2D eigenvalue weighted by Gasteiger charge is 2.30. The number of para-hydroxylation sites is 1. The van der Waals surface area contributed by atoms with Gasteiger partial charge in [0.2, 0.25) is 17.7 Å². The topological polar surface area (TPSA) is 195 Å². The number of aromatic amines is 2. The smallest absolute Gasteiger partial charge is 0.327 e. The van der Waals surface area contributed by atoms with Crippen LogP contribution >= 0.6 is 12.6 Å². The molecule has 0 fully saturated rings. The first kappa shape index (κ1) is 26.8. The van der Waals surface area contributed by atoms with Gasteiger partial charge in [0.15, 0.2) is 0 Å². The summed E-state index contributed by atoms with van der Waals surface area (Å²) >= 11 is 3.96. The monoisotopic (exact) mass is 515 g/mol. The average Bonchev–Trinajstić information content (AvgIpc) is 3.51. The number of benzene rings is 1. The number of hydrogen-bond donors (Lipinski definition) is 8. The Morgan fingerprint density at radius 2 is 1.64 bits per heavy atom. The third-order valence-corrected chi connectivity index (χ3v) is 5.92. The number of thiol groups is 1. The Morgan fingerprint density at radius 1 is 1.00 bits per heavy atom. The van der Waals surface area contributed by atoms with Crippen LogP contribution in [0, 0.1) is 0 Å². The predicted molar refractivity (Wildman–Crippen MR) is 135 cm³/mol. The molecule has 0 saturated carbocycles. The fourth-order valence-electron chi connectivity index (χ4n) is 3.59. The number of aromatic nitrogens is 3. The van der Waals surface area contributed by atoms with Crippen molar-refractivity contribution in [2.45, 2.75) is 43.9 Å². The summed E-state index contributed by atoms with van der Waals surface area (Å²) in [6.45, 7) is 1.49. The zero-order valence-electron chi connectivity index (χ0n) is 19.5. The second kappa shape index (κ2) is 12.2. The Bertz CT molecular complexity index is 1210. The Kier molecular flexibility index (Phi) is 9.08. The zero-order valence-corrected chi connectivity index (χ0v) is 20.4. The van der Waals surface area contributed by atoms with Gasteiger partial charge in [-0.2, -0.15) is 12.6 Å². The van der Waals surface area contributed by atoms with Crippen molar-refractivity contribution in [3.8, 4) is 0 Å². The minimum Gasteiger partial charge on any atom is -0.480 e. The van der Waals surface area contributed by atoms with Gasteiger partial charge in [0.1, 0.15) is 18.1 Å². The molecule has 2 aromatic heterocycles. The molecule has 0 spiro atoms. The molecule has 0 bridgehead atoms. The molecule has 3 amide bonds. The summed E-state index contributed by atoms with van der Waals surface area (Å²) in [6.07, 6.45) is 4.80. The van der Waals surface area contributed by atoms with Crippen LogP contribution in [0.2, 0.25) is 0 Å². The van der Waals surface area contributed by atoms with E-state index in [9.17, 15) is 24.3 Å². The second-order valence-corrected chi connectivity index (χ2v) is 8.70. The molecule has 1 aromatic carbocycles. The number of carbonyl (C=O) groups excluding carboxylic acids is 3. The molecule has 3 aromatic rings. The number of rotatable bonds is 12. The van der Waals surface area contributed by atoms with Crippen molar-refractivity contribution in [3.63, 3.8) is 0 Å². The molecule has 3 rings (SSSR count). The van der Waals surface area contributed by atoms with E-state index in [1.807, 2.05) is 24.3 Å². The van der Waals surface area contributed by atoms with E-state index >= 15 is 0 Å². The molecule has 2 heterocycles. The van der Waals surface area contributed by atoms with Crippen LogP contribution in [-0.2, 0) is 32.0 Å². The third-order valence-electron chi connectivity index (χ3n) is 5.55. The van der Waals surface area contributed by atoms with Gasteiger partial charge < -0.3 is 36.8 Å². The predicted octanol–water partition coefficient (Wildman–Crippen LogP) is -0.508. The minimum absolute atomic E-state index is 0.0114. The number of fused-ring (bicyclic) bond motifs is 1. The summed E-state index contributed by atoms with van der Waals surface area (Å²) in [4.78, 5) is 60.0. The molecular formula is C23H29N7O5S. The quantitative estimate of drug-likeness (QED) is 0.149. The Labute approximate surface area is 212 Å². The van der Waals surface area contributed by atoms with Gasteiger partial charge >= 0.3 is 5.97 Å². The van der Waals surface area contributed by atoms with Gasteiger partial charge in [-0.15, -0.1) is 0 Å². The van der Waals surface area contributed by atoms with Crippen LogP contribution in [0.5, 0.6) is 0 Å². The van der Waals surface area contributed by atoms with Crippen LogP contribution in [0.1, 0.15) is 18.2 Å². The maximum absolute atomic E-state index is 13.4. The molecular weight excluding hydrogens is 486 g/mol. The number of nitrogens with one attached hydrogen (secondary N) is 5. The number of imidazole rings is 1. The summed E-state index contributed by atoms with van der Waals surface area (Å²) in [5.41, 5.74) is 7.89. The van der Waals surface area contributed by atoms with Crippen LogP contribution in [0.3, 0.4) is 0 Å². The van der Waals surface area contributed by atoms with Gasteiger partial charge in [-0.25, -0.2) is 9.78 Å². The van der Waals surface area contributed by atoms with Crippen molar-refractivity contribution in [2.75, 3.05) is 5.75 Å². The van der Waals surface area contributed by atoms with Crippen molar-refractivity contribution < 1.29 is 24.3 Å². The average molecular weight is 516 g/mol. The van der Waals surface area contributed by atoms with Crippen molar-refractivity contribution in [1.82, 2.24) is 30.9 Å². The molecule has 4 unspecified atom stereocenters. The van der Waals surface area contributed by atoms with E-state index < -0.39 is 47.9 Å². The van der Waals surface area contributed by atoms with Crippen molar-refractivity contribution >= 4 is 47.2 Å². The summed E-state index contributed by atoms with van der Waals surface area (Å²) in [5.74, 6) is -3.29. The number of hydrogen-bond acceptors (Lipinski definition) is 7. The van der Waals surface area contributed by atoms with E-state index in [0.29, 0.717) is 5.69 Å². The molecule has 0 aliphatic heterocycles. The van der Waals surface area contributed by atoms with Gasteiger partial charge in [0, 0.05) is 47.6 Å². The fourth-order valence-corrected chi connectivity index (χ4v) is 3.84. The number of carbonyl (C=O) groups is 4. The molecule has 13 heteroatoms. The van der Waals surface area contributed by atoms with Crippen molar-refractivity contribution in [2.24, 2.45) is 5.73 Å². The molecule has 0 saturated heterocycles. The van der Waals surface area contributed by atoms with Crippen LogP contribution < -0.4 is 21.7 Å². The molecule has 8 N–H and O–H groups in total. The van der Waals surface area contributed by atoms with Crippen molar-refractivity contribution in [1.29, 1.82) is 0 Å². The summed E-state index contributed by atoms with van der Waals surface area (Å²) in [6, 6.07) is 3.19. The molecule has 36 heavy (non-hydrogen) atoms. The van der Waals surface area contributed by atoms with E-state index in [4.69, 9.17) is 5.73 Å². The highest BCUT2D eigenvalue weighted by Crippen LogP contribution is 2.19. The van der Waals surface area contributed by atoms with Crippen molar-refractivity contribution in [3.05, 3.63) is 54.2 Å². The Morgan fingerprint density at radius 3 is 2.25 bits per heavy atom. The van der Waals surface area contributed by atoms with Gasteiger partial charge in [-0.3, -0.25) is 14.4 Å². The lowest BCUT2D eigenvalue weighted by Gasteiger charge is -2.24. The summed E-state index contributed by atoms with van der Waals surface area (Å²) in [7, 11) is 0. The number of carboxylic acid groups (broad SMARTS) is 1. The lowest BCUT2D eigenvalue weighted by atomic mass is 10.0. The highest BCUT2D eigenvalue weighted by molar-refractivity contribution is 7.80. The van der Waals surface area contributed by atoms with Crippen LogP contribution in [0.25, 0.3) is 10.9 Å². The number of H-pyrrole nitrogens is 2. The number of aliphatic carboxylic acids is 1. The number of nitrogens with two attached hydrogens (primary N) is 1. The molecule has 12 nitrogen and oxygen atoms in total. The molecule has 4 atom stereocenters. The van der Waals surface area contributed by atoms with Crippen LogP contribution in [0.4, 0.5) is 0 Å². The number of amides is 3. The van der Waals surface area contributed by atoms with E-state index in [0.717, 1.165) is 16.5 Å². The Balaban J connectivity index is 1.84. The molecule has 192 valence electrons. The SMILES string of the molecule is CC(N)C(=O)NC(Cc1c[nH]c2ccccc12)C(=O)NC(Cc1cnc[nH]1)C(=O)NC(CS)C(=O)O. The Hall–Kier alpha value is -3.84. The van der Waals surface area contributed by atoms with Gasteiger partial charge in [-0.1, -0.05) is 18.2 Å². The fraction of sp³-hybridized carbons (Fsp3) is 0.348. The van der Waals surface area contributed by atoms with Crippen LogP contribution in [0.15, 0.2) is 43.0 Å². The maximum atomic E-state index is 13.4. The number of carboxylic acids is 1. The van der Waals surface area contributed by atoms with Gasteiger partial charge in [0.05, 0.1) is 12.4 Å². The first-order valence-electron chi connectivity index (χ1n) is 11.2. The standard InChI is InChI=1S/C23H29N7O5S/c1-12(24)20(31)28-17(6-13-8-26-16-5-3-2-4-15(13)16)21(32)29-18(7-14-9-25-11-27-14)22(33)30-19(10-36)23(34)35/h2-5,8-9,11-12,17-19,26,36H,6-7,10,24H2,1H3,(H,25,27)(H,28,31)(H,29,32)(H,30,33)(H,34,35). The van der Waals surface area contributed by atoms with Gasteiger partial charge in [0.25, 0.3) is 0 Å². The molecule has 0 radical (unpaired) electrons. The van der Waals surface area contributed by atoms with Gasteiger partial charge in [-0.05, 0) is 18.6 Å². The largest absolute Gasteiger partial charge is 0.480 e. The molecule has 0 aliphatic rings. The molecule has 0 aliphatic carbocycles. The zero-order chi connectivity index (χ0) is 26.2. The van der Waals surface area contributed by atoms with Crippen LogP contribution in [-0.4, -0.2) is 73.7 Å². The number of nitrogens with zero attached hydrogens (tertiary/aromatic N) is 1. The van der Waals surface area contributed by atoms with E-state index in [1.165, 1.54) is 19.4 Å². The lowest BCUT2D eigenvalue weighted by Crippen LogP contribution is -2.58. The van der Waals surface area contributed by atoms with E-state index in [1.54, 1.807) is 6.20 Å². The van der Waals surface area contributed by atoms with E-state index in [2.05, 4.69) is 43.5 Å². The van der Waals surface area contributed by atoms with E-state index in [-0.39, 0.29) is 18.6 Å². The lowest BCUT2D eigenvalue weighted by molar-refractivity contribution is -0.141. The minimum atomic E-state index is -1.26. The first-order valence-corrected chi connectivity index (χ1v) is 11.9. The normalized spacial score (nSPS) is 14.4. The third kappa shape index (κ3) is 6.86. The summed E-state index contributed by atoms with van der Waals surface area (Å²) in [5, 5.41) is 17.8. The highest BCUT2D eigenvalue weighted by atomic mass is 32.1. The first-order chi connectivity index (χ1) is 17.2. The second-order valence-electron chi connectivity index (χ2n) is 8.34.